The summed E-state index contributed by atoms with van der Waals surface area (Å²) in [6, 6.07) is 5.31. The highest BCUT2D eigenvalue weighted by atomic mass is 32.2. The van der Waals surface area contributed by atoms with Gasteiger partial charge in [-0.25, -0.2) is 21.2 Å². The van der Waals surface area contributed by atoms with Gasteiger partial charge in [-0.3, -0.25) is 4.79 Å². The molecule has 2 aliphatic heterocycles. The molecule has 0 unspecified atom stereocenters. The fourth-order valence-corrected chi connectivity index (χ4v) is 5.74. The molecule has 0 spiro atoms. The number of carbonyl (C=O) groups is 1. The average Bonchev–Trinajstić information content (AvgIpc) is 2.83. The molecule has 2 aliphatic rings. The Morgan fingerprint density at radius 2 is 1.76 bits per heavy atom. The van der Waals surface area contributed by atoms with Gasteiger partial charge in [-0.15, -0.1) is 0 Å². The molecular formula is C23H23F4N3O6S2. The molecule has 1 amide bonds. The number of carbonyl (C=O) groups excluding carboxylic acids is 1. The maximum atomic E-state index is 14.8. The Hall–Kier alpha value is -3.33. The molecule has 9 nitrogen and oxygen atoms in total. The van der Waals surface area contributed by atoms with Crippen LogP contribution in [0.1, 0.15) is 17.3 Å². The van der Waals surface area contributed by atoms with Crippen LogP contribution in [0.3, 0.4) is 0 Å². The lowest BCUT2D eigenvalue weighted by Gasteiger charge is -2.37. The number of benzene rings is 2. The molecule has 0 aromatic heterocycles. The van der Waals surface area contributed by atoms with Crippen molar-refractivity contribution in [3.05, 3.63) is 53.3 Å². The number of alkyl halides is 3. The van der Waals surface area contributed by atoms with Crippen molar-refractivity contribution in [3.8, 4) is 5.75 Å². The number of hydrogen-bond donors (Lipinski definition) is 1. The second-order valence-corrected chi connectivity index (χ2v) is 12.6. The standard InChI is InChI=1S/C23H23F4N3O6S2/c1-14(23(25,26)27)36-20-4-3-15(37(2,32)33)11-16(20)22(31)30-8-6-29(7-9-30)19-13-18-21(12-17(19)24)38(34,35)10-5-28-18/h3-5,10-14,28H,6-9H2,1-2H3/t14-/m0/s1. The van der Waals surface area contributed by atoms with Crippen LogP contribution in [0.5, 0.6) is 5.75 Å². The summed E-state index contributed by atoms with van der Waals surface area (Å²) in [6.45, 7) is 1.05. The first-order valence-electron chi connectivity index (χ1n) is 11.2. The minimum atomic E-state index is -4.72. The number of nitrogens with one attached hydrogen (secondary N) is 1. The number of piperazine rings is 1. The Kier molecular flexibility index (Phi) is 7.12. The van der Waals surface area contributed by atoms with Crippen LogP contribution in [-0.4, -0.2) is 72.4 Å². The second-order valence-electron chi connectivity index (χ2n) is 8.80. The van der Waals surface area contributed by atoms with Gasteiger partial charge in [0, 0.05) is 38.6 Å². The van der Waals surface area contributed by atoms with Crippen molar-refractivity contribution in [1.29, 1.82) is 0 Å². The molecule has 0 saturated carbocycles. The Morgan fingerprint density at radius 3 is 2.37 bits per heavy atom. The molecule has 2 aromatic carbocycles. The highest BCUT2D eigenvalue weighted by molar-refractivity contribution is 7.94. The topological polar surface area (TPSA) is 113 Å². The summed E-state index contributed by atoms with van der Waals surface area (Å²) in [7, 11) is -7.56. The molecule has 206 valence electrons. The van der Waals surface area contributed by atoms with Crippen molar-refractivity contribution < 1.29 is 43.9 Å². The van der Waals surface area contributed by atoms with Crippen LogP contribution in [0.4, 0.5) is 28.9 Å². The van der Waals surface area contributed by atoms with E-state index in [4.69, 9.17) is 4.74 Å². The maximum Gasteiger partial charge on any atom is 0.425 e. The third kappa shape index (κ3) is 5.57. The van der Waals surface area contributed by atoms with E-state index in [1.165, 1.54) is 17.2 Å². The van der Waals surface area contributed by atoms with E-state index in [0.717, 1.165) is 42.9 Å². The molecular weight excluding hydrogens is 554 g/mol. The Balaban J connectivity index is 1.57. The normalized spacial score (nSPS) is 17.9. The van der Waals surface area contributed by atoms with E-state index >= 15 is 0 Å². The van der Waals surface area contributed by atoms with Gasteiger partial charge < -0.3 is 19.9 Å². The van der Waals surface area contributed by atoms with Gasteiger partial charge in [0.25, 0.3) is 5.91 Å². The highest BCUT2D eigenvalue weighted by Gasteiger charge is 2.39. The average molecular weight is 578 g/mol. The first kappa shape index (κ1) is 27.7. The summed E-state index contributed by atoms with van der Waals surface area (Å²) in [5.74, 6) is -1.94. The molecule has 38 heavy (non-hydrogen) atoms. The number of sulfone groups is 2. The number of anilines is 2. The molecule has 0 aliphatic carbocycles. The largest absolute Gasteiger partial charge is 0.480 e. The van der Waals surface area contributed by atoms with Gasteiger partial charge >= 0.3 is 6.18 Å². The Morgan fingerprint density at radius 1 is 1.11 bits per heavy atom. The minimum Gasteiger partial charge on any atom is -0.480 e. The zero-order valence-electron chi connectivity index (χ0n) is 20.1. The van der Waals surface area contributed by atoms with Gasteiger partial charge in [-0.05, 0) is 37.3 Å². The van der Waals surface area contributed by atoms with Crippen molar-refractivity contribution in [1.82, 2.24) is 4.90 Å². The number of rotatable bonds is 5. The molecule has 4 rings (SSSR count). The van der Waals surface area contributed by atoms with Gasteiger partial charge in [0.1, 0.15) is 11.6 Å². The Labute approximate surface area is 216 Å². The molecule has 2 heterocycles. The van der Waals surface area contributed by atoms with Crippen LogP contribution < -0.4 is 15.0 Å². The number of halogens is 4. The number of ether oxygens (including phenoxy) is 1. The monoisotopic (exact) mass is 577 g/mol. The summed E-state index contributed by atoms with van der Waals surface area (Å²) in [5, 5.41) is 3.68. The summed E-state index contributed by atoms with van der Waals surface area (Å²) in [4.78, 5) is 15.7. The van der Waals surface area contributed by atoms with E-state index in [-0.39, 0.29) is 52.9 Å². The SMILES string of the molecule is C[C@H](Oc1ccc(S(C)(=O)=O)cc1C(=O)N1CCN(c2cc3c(cc2F)S(=O)(=O)C=CN3)CC1)C(F)(F)F. The van der Waals surface area contributed by atoms with Crippen molar-refractivity contribution >= 4 is 37.0 Å². The van der Waals surface area contributed by atoms with Gasteiger partial charge in [0.2, 0.25) is 9.84 Å². The zero-order valence-corrected chi connectivity index (χ0v) is 21.8. The van der Waals surface area contributed by atoms with Crippen LogP contribution in [0.2, 0.25) is 0 Å². The van der Waals surface area contributed by atoms with Crippen LogP contribution >= 0.6 is 0 Å². The fraction of sp³-hybridized carbons (Fsp3) is 0.348. The van der Waals surface area contributed by atoms with E-state index in [1.54, 1.807) is 4.90 Å². The van der Waals surface area contributed by atoms with Crippen molar-refractivity contribution in [3.63, 3.8) is 0 Å². The van der Waals surface area contributed by atoms with Crippen LogP contribution in [0.25, 0.3) is 0 Å². The Bertz CT molecular complexity index is 1520. The third-order valence-corrected chi connectivity index (χ3v) is 8.68. The molecule has 2 aromatic rings. The van der Waals surface area contributed by atoms with Crippen molar-refractivity contribution in [2.45, 2.75) is 29.0 Å². The van der Waals surface area contributed by atoms with Gasteiger partial charge in [-0.2, -0.15) is 13.2 Å². The summed E-state index contributed by atoms with van der Waals surface area (Å²) < 4.78 is 107. The van der Waals surface area contributed by atoms with E-state index < -0.39 is 49.4 Å². The first-order chi connectivity index (χ1) is 17.6. The number of hydrogen-bond acceptors (Lipinski definition) is 8. The van der Waals surface area contributed by atoms with Gasteiger partial charge in [-0.1, -0.05) is 0 Å². The first-order valence-corrected chi connectivity index (χ1v) is 14.6. The second kappa shape index (κ2) is 9.76. The lowest BCUT2D eigenvalue weighted by atomic mass is 10.1. The molecule has 15 heteroatoms. The molecule has 1 N–H and O–H groups in total. The number of fused-ring (bicyclic) bond motifs is 1. The van der Waals surface area contributed by atoms with E-state index in [1.807, 2.05) is 0 Å². The third-order valence-electron chi connectivity index (χ3n) is 6.12. The summed E-state index contributed by atoms with van der Waals surface area (Å²) >= 11 is 0. The molecule has 0 bridgehead atoms. The van der Waals surface area contributed by atoms with E-state index in [2.05, 4.69) is 5.32 Å². The maximum absolute atomic E-state index is 14.8. The zero-order chi connectivity index (χ0) is 28.0. The van der Waals surface area contributed by atoms with Gasteiger partial charge in [0.15, 0.2) is 15.9 Å². The molecule has 0 radical (unpaired) electrons. The molecule has 1 atom stereocenters. The van der Waals surface area contributed by atoms with Crippen LogP contribution in [0, 0.1) is 5.82 Å². The number of amides is 1. The van der Waals surface area contributed by atoms with Crippen molar-refractivity contribution in [2.24, 2.45) is 0 Å². The summed E-state index contributed by atoms with van der Waals surface area (Å²) in [6.07, 6.45) is -4.85. The van der Waals surface area contributed by atoms with E-state index in [0.29, 0.717) is 0 Å². The minimum absolute atomic E-state index is 0.0261. The molecule has 1 saturated heterocycles. The highest BCUT2D eigenvalue weighted by Crippen LogP contribution is 2.34. The quantitative estimate of drug-likeness (QED) is 0.540. The number of nitrogens with zero attached hydrogens (tertiary/aromatic N) is 2. The lowest BCUT2D eigenvalue weighted by molar-refractivity contribution is -0.189. The fourth-order valence-electron chi connectivity index (χ4n) is 4.01. The van der Waals surface area contributed by atoms with Gasteiger partial charge in [0.05, 0.1) is 32.1 Å². The predicted molar refractivity (Wildman–Crippen MR) is 130 cm³/mol. The predicted octanol–water partition coefficient (Wildman–Crippen LogP) is 3.19. The summed E-state index contributed by atoms with van der Waals surface area (Å²) in [5.41, 5.74) is -0.0462. The van der Waals surface area contributed by atoms with E-state index in [9.17, 15) is 39.2 Å². The van der Waals surface area contributed by atoms with Crippen molar-refractivity contribution in [2.75, 3.05) is 42.7 Å². The lowest BCUT2D eigenvalue weighted by Crippen LogP contribution is -2.49. The smallest absolute Gasteiger partial charge is 0.425 e. The molecule has 1 fully saturated rings. The van der Waals surface area contributed by atoms with Crippen LogP contribution in [0.15, 0.2) is 51.7 Å². The van der Waals surface area contributed by atoms with Crippen LogP contribution in [-0.2, 0) is 19.7 Å².